The molecule has 12 nitrogen and oxygen atoms in total. The standard InChI is InChI=1S/C20H25O12/c1-10(21)25-8-17-19(31-15(6)28-12(3)23)20(32-16(7)29-13(4)24)18(9-26-17)30-14(5)27-11(2)22/h9,17-20H,5-8H2,1-4H3/t17-,18+,19+,20-/m1/s1. The van der Waals surface area contributed by atoms with Crippen LogP contribution in [0.25, 0.3) is 0 Å². The van der Waals surface area contributed by atoms with Crippen molar-refractivity contribution >= 4 is 23.9 Å². The van der Waals surface area contributed by atoms with Crippen molar-refractivity contribution in [3.63, 3.8) is 0 Å². The molecule has 1 aliphatic rings. The van der Waals surface area contributed by atoms with Gasteiger partial charge in [-0.3, -0.25) is 19.2 Å². The number of esters is 4. The van der Waals surface area contributed by atoms with Crippen LogP contribution >= 0.6 is 0 Å². The van der Waals surface area contributed by atoms with E-state index < -0.39 is 66.1 Å². The molecule has 32 heavy (non-hydrogen) atoms. The van der Waals surface area contributed by atoms with Crippen LogP contribution < -0.4 is 0 Å². The summed E-state index contributed by atoms with van der Waals surface area (Å²) in [5, 5.41) is 0. The lowest BCUT2D eigenvalue weighted by Crippen LogP contribution is -2.55. The number of carbonyl (C=O) groups is 4. The smallest absolute Gasteiger partial charge is 0.310 e. The van der Waals surface area contributed by atoms with Crippen LogP contribution in [-0.4, -0.2) is 54.9 Å². The predicted octanol–water partition coefficient (Wildman–Crippen LogP) is 1.37. The summed E-state index contributed by atoms with van der Waals surface area (Å²) in [4.78, 5) is 44.9. The third-order valence-electron chi connectivity index (χ3n) is 3.43. The average Bonchev–Trinajstić information content (AvgIpc) is 2.61. The summed E-state index contributed by atoms with van der Waals surface area (Å²) in [7, 11) is 0. The van der Waals surface area contributed by atoms with Crippen molar-refractivity contribution in [2.24, 2.45) is 0 Å². The van der Waals surface area contributed by atoms with Gasteiger partial charge in [-0.25, -0.2) is 0 Å². The zero-order valence-electron chi connectivity index (χ0n) is 18.1. The number of hydrogen-bond acceptors (Lipinski definition) is 12. The molecule has 1 fully saturated rings. The fourth-order valence-corrected chi connectivity index (χ4v) is 2.45. The van der Waals surface area contributed by atoms with Crippen LogP contribution in [-0.2, 0) is 57.1 Å². The highest BCUT2D eigenvalue weighted by Gasteiger charge is 2.47. The van der Waals surface area contributed by atoms with Crippen molar-refractivity contribution < 1.29 is 57.1 Å². The topological polar surface area (TPSA) is 142 Å². The van der Waals surface area contributed by atoms with Crippen molar-refractivity contribution in [1.82, 2.24) is 0 Å². The van der Waals surface area contributed by atoms with Crippen LogP contribution in [0.5, 0.6) is 0 Å². The van der Waals surface area contributed by atoms with Gasteiger partial charge in [0, 0.05) is 27.7 Å². The minimum atomic E-state index is -1.23. The lowest BCUT2D eigenvalue weighted by Gasteiger charge is -2.41. The van der Waals surface area contributed by atoms with Gasteiger partial charge in [0.05, 0.1) is 0 Å². The molecule has 0 saturated carbocycles. The maximum atomic E-state index is 11.3. The number of carbonyl (C=O) groups excluding carboxylic acids is 4. The van der Waals surface area contributed by atoms with Crippen molar-refractivity contribution in [3.8, 4) is 0 Å². The Kier molecular flexibility index (Phi) is 10.2. The van der Waals surface area contributed by atoms with E-state index in [-0.39, 0.29) is 6.61 Å². The molecule has 1 radical (unpaired) electrons. The minimum Gasteiger partial charge on any atom is -0.463 e. The highest BCUT2D eigenvalue weighted by molar-refractivity contribution is 5.67. The second kappa shape index (κ2) is 12.3. The van der Waals surface area contributed by atoms with Gasteiger partial charge in [0.15, 0.2) is 18.3 Å². The van der Waals surface area contributed by atoms with E-state index in [4.69, 9.17) is 37.9 Å². The first-order valence-electron chi connectivity index (χ1n) is 9.13. The SMILES string of the molecule is C=C(OC(C)=O)O[C@@H]1[C@H](OC(=C)OC(C)=O)[C@@H](OC(=C)OC(C)=O)[CH]O[C@@H]1COC(C)=O. The summed E-state index contributed by atoms with van der Waals surface area (Å²) in [5.74, 6) is -3.98. The van der Waals surface area contributed by atoms with E-state index in [2.05, 4.69) is 19.7 Å². The first-order chi connectivity index (χ1) is 14.9. The molecule has 0 bridgehead atoms. The van der Waals surface area contributed by atoms with Crippen molar-refractivity contribution in [2.75, 3.05) is 6.61 Å². The molecule has 0 N–H and O–H groups in total. The van der Waals surface area contributed by atoms with E-state index in [0.717, 1.165) is 27.4 Å². The summed E-state index contributed by atoms with van der Waals surface area (Å²) in [6.45, 7) is 15.8. The Morgan fingerprint density at radius 3 is 1.59 bits per heavy atom. The average molecular weight is 457 g/mol. The number of hydrogen-bond donors (Lipinski definition) is 0. The minimum absolute atomic E-state index is 0.304. The monoisotopic (exact) mass is 457 g/mol. The molecule has 1 heterocycles. The lowest BCUT2D eigenvalue weighted by molar-refractivity contribution is -0.220. The van der Waals surface area contributed by atoms with Gasteiger partial charge in [0.2, 0.25) is 0 Å². The molecule has 1 saturated heterocycles. The lowest BCUT2D eigenvalue weighted by atomic mass is 9.99. The fourth-order valence-electron chi connectivity index (χ4n) is 2.45. The molecule has 0 aromatic carbocycles. The molecule has 4 atom stereocenters. The van der Waals surface area contributed by atoms with Crippen molar-refractivity contribution in [3.05, 3.63) is 44.2 Å². The first kappa shape index (κ1) is 26.5. The van der Waals surface area contributed by atoms with Gasteiger partial charge in [-0.05, 0) is 19.7 Å². The van der Waals surface area contributed by atoms with Crippen molar-refractivity contribution in [1.29, 1.82) is 0 Å². The van der Waals surface area contributed by atoms with Gasteiger partial charge < -0.3 is 37.9 Å². The molecule has 1 rings (SSSR count). The molecule has 0 amide bonds. The van der Waals surface area contributed by atoms with Gasteiger partial charge in [-0.1, -0.05) is 0 Å². The van der Waals surface area contributed by atoms with E-state index in [1.807, 2.05) is 0 Å². The summed E-state index contributed by atoms with van der Waals surface area (Å²) in [6, 6.07) is 0. The van der Waals surface area contributed by atoms with E-state index in [1.165, 1.54) is 6.92 Å². The third-order valence-corrected chi connectivity index (χ3v) is 3.43. The Balaban J connectivity index is 3.20. The van der Waals surface area contributed by atoms with Gasteiger partial charge >= 0.3 is 23.9 Å². The highest BCUT2D eigenvalue weighted by Crippen LogP contribution is 2.30. The Morgan fingerprint density at radius 2 is 1.16 bits per heavy atom. The van der Waals surface area contributed by atoms with Gasteiger partial charge in [0.1, 0.15) is 19.3 Å². The zero-order chi connectivity index (χ0) is 24.4. The molecular formula is C20H25O12. The van der Waals surface area contributed by atoms with Crippen LogP contribution in [0.3, 0.4) is 0 Å². The van der Waals surface area contributed by atoms with Crippen LogP contribution in [0.4, 0.5) is 0 Å². The zero-order valence-corrected chi connectivity index (χ0v) is 18.1. The third kappa shape index (κ3) is 9.51. The van der Waals surface area contributed by atoms with E-state index in [0.29, 0.717) is 0 Å². The highest BCUT2D eigenvalue weighted by atomic mass is 16.7. The van der Waals surface area contributed by atoms with Gasteiger partial charge in [-0.15, -0.1) is 0 Å². The maximum absolute atomic E-state index is 11.3. The fraction of sp³-hybridized carbons (Fsp3) is 0.450. The Morgan fingerprint density at radius 1 is 0.719 bits per heavy atom. The summed E-state index contributed by atoms with van der Waals surface area (Å²) in [6.07, 6.45) is -4.62. The molecule has 0 spiro atoms. The van der Waals surface area contributed by atoms with E-state index in [9.17, 15) is 19.2 Å². The second-order valence-electron chi connectivity index (χ2n) is 6.26. The number of ether oxygens (including phenoxy) is 8. The Hall–Kier alpha value is -3.54. The molecule has 0 unspecified atom stereocenters. The maximum Gasteiger partial charge on any atom is 0.310 e. The van der Waals surface area contributed by atoms with Crippen molar-refractivity contribution in [2.45, 2.75) is 52.1 Å². The molecule has 1 aliphatic heterocycles. The normalized spacial score (nSPS) is 21.9. The van der Waals surface area contributed by atoms with Crippen LogP contribution in [0.15, 0.2) is 37.6 Å². The largest absolute Gasteiger partial charge is 0.463 e. The Labute approximate surface area is 184 Å². The van der Waals surface area contributed by atoms with Crippen LogP contribution in [0.2, 0.25) is 0 Å². The predicted molar refractivity (Wildman–Crippen MR) is 103 cm³/mol. The van der Waals surface area contributed by atoms with Crippen LogP contribution in [0, 0.1) is 6.61 Å². The van der Waals surface area contributed by atoms with E-state index in [1.54, 1.807) is 0 Å². The molecule has 0 aromatic rings. The summed E-state index contributed by atoms with van der Waals surface area (Å²) >= 11 is 0. The second-order valence-corrected chi connectivity index (χ2v) is 6.26. The molecular weight excluding hydrogens is 432 g/mol. The summed E-state index contributed by atoms with van der Waals surface area (Å²) < 4.78 is 41.4. The first-order valence-corrected chi connectivity index (χ1v) is 9.13. The number of rotatable bonds is 11. The molecule has 177 valence electrons. The van der Waals surface area contributed by atoms with Crippen LogP contribution in [0.1, 0.15) is 27.7 Å². The Bertz CT molecular complexity index is 771. The van der Waals surface area contributed by atoms with Gasteiger partial charge in [-0.2, -0.15) is 0 Å². The summed E-state index contributed by atoms with van der Waals surface area (Å²) in [5.41, 5.74) is 0. The van der Waals surface area contributed by atoms with Gasteiger partial charge in [0.25, 0.3) is 17.8 Å². The molecule has 0 aromatic heterocycles. The molecule has 12 heteroatoms. The molecule has 0 aliphatic carbocycles. The quantitative estimate of drug-likeness (QED) is 0.251. The van der Waals surface area contributed by atoms with E-state index >= 15 is 0 Å².